The molecule has 1 unspecified atom stereocenters. The molecule has 0 N–H and O–H groups in total. The van der Waals surface area contributed by atoms with Crippen LogP contribution in [0.1, 0.15) is 43.7 Å². The Balaban J connectivity index is 0.000000210. The highest BCUT2D eigenvalue weighted by Gasteiger charge is 2.34. The number of anilines is 1. The summed E-state index contributed by atoms with van der Waals surface area (Å²) in [7, 11) is 0. The maximum atomic E-state index is 13.0. The lowest BCUT2D eigenvalue weighted by Gasteiger charge is -2.46. The summed E-state index contributed by atoms with van der Waals surface area (Å²) in [4.78, 5) is 2.21. The van der Waals surface area contributed by atoms with Crippen molar-refractivity contribution in [2.24, 2.45) is 0 Å². The first-order chi connectivity index (χ1) is 14.9. The highest BCUT2D eigenvalue weighted by atomic mass is 19.1. The number of hydrogen-bond donors (Lipinski definition) is 0. The van der Waals surface area contributed by atoms with Gasteiger partial charge in [-0.25, -0.2) is 4.39 Å². The largest absolute Gasteiger partial charge is 0.338 e. The normalized spacial score (nSPS) is 17.6. The van der Waals surface area contributed by atoms with Gasteiger partial charge < -0.3 is 4.90 Å². The smallest absolute Gasteiger partial charge is 0.123 e. The summed E-state index contributed by atoms with van der Waals surface area (Å²) < 4.78 is 13.0. The molecule has 1 saturated heterocycles. The van der Waals surface area contributed by atoms with Crippen LogP contribution in [-0.2, 0) is 0 Å². The lowest BCUT2D eigenvalue weighted by Crippen LogP contribution is -2.46. The van der Waals surface area contributed by atoms with E-state index in [1.54, 1.807) is 0 Å². The van der Waals surface area contributed by atoms with Gasteiger partial charge in [0.25, 0.3) is 0 Å². The molecule has 1 aliphatic heterocycles. The van der Waals surface area contributed by atoms with E-state index in [1.807, 2.05) is 18.2 Å². The summed E-state index contributed by atoms with van der Waals surface area (Å²) in [6, 6.07) is 15.5. The predicted octanol–water partition coefficient (Wildman–Crippen LogP) is 8.17. The van der Waals surface area contributed by atoms with Crippen LogP contribution in [0.15, 0.2) is 103 Å². The highest BCUT2D eigenvalue weighted by molar-refractivity contribution is 5.63. The van der Waals surface area contributed by atoms with Crippen molar-refractivity contribution < 1.29 is 4.39 Å². The Morgan fingerprint density at radius 1 is 1.06 bits per heavy atom. The minimum Gasteiger partial charge on any atom is -0.338 e. The van der Waals surface area contributed by atoms with Crippen molar-refractivity contribution in [1.82, 2.24) is 0 Å². The maximum Gasteiger partial charge on any atom is 0.123 e. The van der Waals surface area contributed by atoms with Crippen molar-refractivity contribution in [3.63, 3.8) is 0 Å². The molecule has 2 aromatic carbocycles. The topological polar surface area (TPSA) is 3.24 Å². The quantitative estimate of drug-likeness (QED) is 0.478. The number of halogens is 1. The molecule has 1 fully saturated rings. The first-order valence-corrected chi connectivity index (χ1v) is 10.9. The zero-order chi connectivity index (χ0) is 22.4. The van der Waals surface area contributed by atoms with E-state index < -0.39 is 0 Å². The molecule has 2 heteroatoms. The third-order valence-corrected chi connectivity index (χ3v) is 5.98. The van der Waals surface area contributed by atoms with Crippen molar-refractivity contribution >= 4 is 11.3 Å². The number of rotatable bonds is 5. The fourth-order valence-electron chi connectivity index (χ4n) is 3.89. The van der Waals surface area contributed by atoms with E-state index in [0.717, 1.165) is 37.1 Å². The van der Waals surface area contributed by atoms with Crippen LogP contribution in [0, 0.1) is 12.7 Å². The molecule has 4 rings (SSSR count). The van der Waals surface area contributed by atoms with Gasteiger partial charge in [-0.1, -0.05) is 74.7 Å². The van der Waals surface area contributed by atoms with Gasteiger partial charge in [-0.2, -0.15) is 0 Å². The summed E-state index contributed by atoms with van der Waals surface area (Å²) in [6.07, 6.45) is 10.4. The second-order valence-electron chi connectivity index (χ2n) is 8.14. The Bertz CT molecular complexity index is 1010. The minimum absolute atomic E-state index is 0.202. The number of nitrogens with zero attached hydrogens (tertiary/aromatic N) is 1. The van der Waals surface area contributed by atoms with Crippen molar-refractivity contribution in [1.29, 1.82) is 0 Å². The Hall–Kier alpha value is -3.13. The highest BCUT2D eigenvalue weighted by Crippen LogP contribution is 2.40. The summed E-state index contributed by atoms with van der Waals surface area (Å²) in [5, 5.41) is 0. The van der Waals surface area contributed by atoms with Crippen LogP contribution < -0.4 is 4.90 Å². The average molecular weight is 414 g/mol. The SMILES string of the molecule is C=C(CC)c1ccc(C)cc1.C=CC1=CC=C(C2CC(=C)N2c2ccc(F)cc2)CC1. The van der Waals surface area contributed by atoms with Gasteiger partial charge in [0.1, 0.15) is 5.82 Å². The molecule has 0 amide bonds. The lowest BCUT2D eigenvalue weighted by molar-refractivity contribution is 0.564. The molecular weight excluding hydrogens is 381 g/mol. The third-order valence-electron chi connectivity index (χ3n) is 5.98. The number of allylic oxidation sites excluding steroid dienone is 5. The van der Waals surface area contributed by atoms with E-state index in [4.69, 9.17) is 0 Å². The molecule has 160 valence electrons. The molecule has 1 aliphatic carbocycles. The van der Waals surface area contributed by atoms with Crippen LogP contribution in [0.3, 0.4) is 0 Å². The fraction of sp³-hybridized carbons (Fsp3) is 0.241. The van der Waals surface area contributed by atoms with Crippen LogP contribution in [0.25, 0.3) is 5.57 Å². The van der Waals surface area contributed by atoms with E-state index in [0.29, 0.717) is 6.04 Å². The summed E-state index contributed by atoms with van der Waals surface area (Å²) >= 11 is 0. The van der Waals surface area contributed by atoms with Gasteiger partial charge in [-0.15, -0.1) is 0 Å². The Labute approximate surface area is 186 Å². The molecule has 1 heterocycles. The van der Waals surface area contributed by atoms with Gasteiger partial charge in [0, 0.05) is 17.8 Å². The molecule has 2 aliphatic rings. The average Bonchev–Trinajstić information content (AvgIpc) is 2.79. The second kappa shape index (κ2) is 10.3. The molecule has 0 bridgehead atoms. The van der Waals surface area contributed by atoms with Crippen LogP contribution in [0.4, 0.5) is 10.1 Å². The van der Waals surface area contributed by atoms with Crippen molar-refractivity contribution in [3.8, 4) is 0 Å². The van der Waals surface area contributed by atoms with Crippen molar-refractivity contribution in [2.75, 3.05) is 4.90 Å². The van der Waals surface area contributed by atoms with Crippen LogP contribution in [0.5, 0.6) is 0 Å². The Morgan fingerprint density at radius 3 is 2.26 bits per heavy atom. The van der Waals surface area contributed by atoms with Gasteiger partial charge in [-0.3, -0.25) is 0 Å². The summed E-state index contributed by atoms with van der Waals surface area (Å²) in [5.74, 6) is -0.202. The van der Waals surface area contributed by atoms with E-state index in [9.17, 15) is 4.39 Å². The van der Waals surface area contributed by atoms with Crippen molar-refractivity contribution in [2.45, 2.75) is 45.6 Å². The summed E-state index contributed by atoms with van der Waals surface area (Å²) in [5.41, 5.74) is 8.61. The standard InChI is InChI=1S/C18H18FN.C11H14/c1-3-14-4-6-15(7-5-14)18-12-13(2)20(18)17-10-8-16(19)9-11-17;1-4-10(3)11-7-5-9(2)6-8-11/h3-4,6,8-11,18H,1-2,5,7,12H2;5-8H,3-4H2,1-2H3. The Morgan fingerprint density at radius 2 is 1.74 bits per heavy atom. The van der Waals surface area contributed by atoms with Gasteiger partial charge in [0.05, 0.1) is 6.04 Å². The predicted molar refractivity (Wildman–Crippen MR) is 133 cm³/mol. The lowest BCUT2D eigenvalue weighted by atomic mass is 9.85. The molecule has 1 nitrogen and oxygen atoms in total. The number of aryl methyl sites for hydroxylation is 1. The fourth-order valence-corrected chi connectivity index (χ4v) is 3.89. The van der Waals surface area contributed by atoms with E-state index in [-0.39, 0.29) is 5.82 Å². The van der Waals surface area contributed by atoms with Gasteiger partial charge in [0.15, 0.2) is 0 Å². The molecule has 0 spiro atoms. The molecule has 2 aromatic rings. The van der Waals surface area contributed by atoms with Gasteiger partial charge in [-0.05, 0) is 72.7 Å². The number of benzene rings is 2. The zero-order valence-corrected chi connectivity index (χ0v) is 18.7. The molecule has 0 saturated carbocycles. The molecule has 31 heavy (non-hydrogen) atoms. The third kappa shape index (κ3) is 5.52. The van der Waals surface area contributed by atoms with Crippen molar-refractivity contribution in [3.05, 3.63) is 120 Å². The van der Waals surface area contributed by atoms with E-state index >= 15 is 0 Å². The first-order valence-electron chi connectivity index (χ1n) is 10.9. The number of hydrogen-bond acceptors (Lipinski definition) is 1. The first kappa shape index (κ1) is 22.6. The molecule has 0 aromatic heterocycles. The molecule has 1 atom stereocenters. The minimum atomic E-state index is -0.202. The van der Waals surface area contributed by atoms with E-state index in [2.05, 4.69) is 74.9 Å². The summed E-state index contributed by atoms with van der Waals surface area (Å²) in [6.45, 7) is 16.1. The van der Waals surface area contributed by atoms with Crippen LogP contribution in [-0.4, -0.2) is 6.04 Å². The second-order valence-corrected chi connectivity index (χ2v) is 8.14. The molecule has 0 radical (unpaired) electrons. The monoisotopic (exact) mass is 413 g/mol. The van der Waals surface area contributed by atoms with Gasteiger partial charge in [0.2, 0.25) is 0 Å². The Kier molecular flexibility index (Phi) is 7.46. The van der Waals surface area contributed by atoms with Crippen LogP contribution >= 0.6 is 0 Å². The maximum absolute atomic E-state index is 13.0. The van der Waals surface area contributed by atoms with E-state index in [1.165, 1.54) is 40.0 Å². The van der Waals surface area contributed by atoms with Gasteiger partial charge >= 0.3 is 0 Å². The molecular formula is C29H32FN. The zero-order valence-electron chi connectivity index (χ0n) is 18.7. The van der Waals surface area contributed by atoms with Crippen LogP contribution in [0.2, 0.25) is 0 Å².